The predicted octanol–water partition coefficient (Wildman–Crippen LogP) is 4.38. The monoisotopic (exact) mass is 507 g/mol. The van der Waals surface area contributed by atoms with Gasteiger partial charge in [-0.25, -0.2) is 16.8 Å². The Morgan fingerprint density at radius 3 is 1.97 bits per heavy atom. The maximum atomic E-state index is 12.8. The molecule has 0 atom stereocenters. The highest BCUT2D eigenvalue weighted by Crippen LogP contribution is 2.25. The van der Waals surface area contributed by atoms with Gasteiger partial charge in [0.2, 0.25) is 10.0 Å². The van der Waals surface area contributed by atoms with E-state index < -0.39 is 26.0 Å². The third-order valence-electron chi connectivity index (χ3n) is 4.65. The molecule has 0 bridgehead atoms. The average Bonchev–Trinajstić information content (AvgIpc) is 2.71. The summed E-state index contributed by atoms with van der Waals surface area (Å²) in [7, 11) is -7.36. The summed E-state index contributed by atoms with van der Waals surface area (Å²) in [5.41, 5.74) is 2.69. The van der Waals surface area contributed by atoms with Crippen molar-refractivity contribution in [1.29, 1.82) is 0 Å². The Morgan fingerprint density at radius 1 is 0.818 bits per heavy atom. The minimum atomic E-state index is -3.83. The Kier molecular flexibility index (Phi) is 7.01. The van der Waals surface area contributed by atoms with Gasteiger partial charge in [-0.3, -0.25) is 14.2 Å². The molecule has 0 radical (unpaired) electrons. The Hall–Kier alpha value is -3.08. The Bertz CT molecular complexity index is 1400. The van der Waals surface area contributed by atoms with Crippen LogP contribution in [0.25, 0.3) is 0 Å². The molecule has 1 amide bonds. The number of carbonyl (C=O) groups excluding carboxylic acids is 1. The third-order valence-corrected chi connectivity index (χ3v) is 6.96. The molecule has 8 nitrogen and oxygen atoms in total. The van der Waals surface area contributed by atoms with Gasteiger partial charge < -0.3 is 5.32 Å². The molecule has 0 saturated heterocycles. The maximum absolute atomic E-state index is 12.8. The second-order valence-corrected chi connectivity index (χ2v) is 11.3. The van der Waals surface area contributed by atoms with E-state index in [2.05, 4.69) is 14.8 Å². The van der Waals surface area contributed by atoms with Crippen molar-refractivity contribution in [2.45, 2.75) is 18.7 Å². The van der Waals surface area contributed by atoms with Crippen LogP contribution >= 0.6 is 11.6 Å². The average molecular weight is 508 g/mol. The van der Waals surface area contributed by atoms with Crippen LogP contribution in [0, 0.1) is 13.8 Å². The number of benzene rings is 3. The number of sulfonamides is 2. The number of rotatable bonds is 7. The molecule has 174 valence electrons. The van der Waals surface area contributed by atoms with E-state index in [0.29, 0.717) is 11.4 Å². The summed E-state index contributed by atoms with van der Waals surface area (Å²) >= 11 is 6.09. The van der Waals surface area contributed by atoms with Gasteiger partial charge >= 0.3 is 0 Å². The second-order valence-electron chi connectivity index (χ2n) is 7.42. The molecule has 0 spiro atoms. The van der Waals surface area contributed by atoms with Gasteiger partial charge in [0.1, 0.15) is 0 Å². The number of halogens is 1. The molecule has 3 aromatic rings. The molecule has 0 heterocycles. The molecule has 3 rings (SSSR count). The van der Waals surface area contributed by atoms with Gasteiger partial charge in [-0.15, -0.1) is 0 Å². The van der Waals surface area contributed by atoms with Crippen molar-refractivity contribution in [3.63, 3.8) is 0 Å². The minimum Gasteiger partial charge on any atom is -0.322 e. The van der Waals surface area contributed by atoms with Crippen molar-refractivity contribution in [1.82, 2.24) is 0 Å². The summed E-state index contributed by atoms with van der Waals surface area (Å²) in [4.78, 5) is 12.7. The molecule has 0 aromatic heterocycles. The van der Waals surface area contributed by atoms with Crippen molar-refractivity contribution >= 4 is 54.6 Å². The smallest absolute Gasteiger partial charge is 0.261 e. The highest BCUT2D eigenvalue weighted by Gasteiger charge is 2.18. The summed E-state index contributed by atoms with van der Waals surface area (Å²) < 4.78 is 53.3. The van der Waals surface area contributed by atoms with E-state index in [0.717, 1.165) is 17.4 Å². The number of carbonyl (C=O) groups is 1. The lowest BCUT2D eigenvalue weighted by Gasteiger charge is -2.14. The van der Waals surface area contributed by atoms with E-state index in [9.17, 15) is 21.6 Å². The van der Waals surface area contributed by atoms with Crippen LogP contribution in [-0.4, -0.2) is 29.0 Å². The van der Waals surface area contributed by atoms with Crippen molar-refractivity contribution in [3.05, 3.63) is 82.4 Å². The van der Waals surface area contributed by atoms with Gasteiger partial charge in [-0.2, -0.15) is 0 Å². The fourth-order valence-electron chi connectivity index (χ4n) is 3.06. The molecular formula is C22H22ClN3O5S2. The molecule has 0 aliphatic rings. The highest BCUT2D eigenvalue weighted by molar-refractivity contribution is 7.92. The molecule has 0 aliphatic carbocycles. The number of amides is 1. The number of para-hydroxylation sites is 1. The van der Waals surface area contributed by atoms with Gasteiger partial charge in [-0.05, 0) is 67.4 Å². The molecule has 3 aromatic carbocycles. The van der Waals surface area contributed by atoms with Gasteiger partial charge in [-0.1, -0.05) is 29.8 Å². The van der Waals surface area contributed by atoms with Gasteiger partial charge in [0.25, 0.3) is 15.9 Å². The Labute approximate surface area is 198 Å². The van der Waals surface area contributed by atoms with Gasteiger partial charge in [0, 0.05) is 11.4 Å². The molecule has 0 fully saturated rings. The van der Waals surface area contributed by atoms with Gasteiger partial charge in [0.15, 0.2) is 0 Å². The van der Waals surface area contributed by atoms with Crippen LogP contribution in [0.1, 0.15) is 21.5 Å². The molecule has 0 unspecified atom stereocenters. The van der Waals surface area contributed by atoms with E-state index in [4.69, 9.17) is 11.6 Å². The normalized spacial score (nSPS) is 11.6. The Morgan fingerprint density at radius 2 is 1.39 bits per heavy atom. The fourth-order valence-corrected chi connectivity index (χ4v) is 5.02. The van der Waals surface area contributed by atoms with Crippen LogP contribution < -0.4 is 14.8 Å². The molecule has 11 heteroatoms. The molecule has 3 N–H and O–H groups in total. The fraction of sp³-hybridized carbons (Fsp3) is 0.136. The standard InChI is InChI=1S/C22H22ClN3O5S2/c1-14-5-4-6-15(2)21(14)26-33(30,31)18-10-7-16(8-11-18)24-22(27)19-13-17(9-12-20(19)23)25-32(3,28)29/h4-13,25-26H,1-3H3,(H,24,27). The summed E-state index contributed by atoms with van der Waals surface area (Å²) in [5, 5.41) is 2.75. The van der Waals surface area contributed by atoms with Crippen LogP contribution in [0.3, 0.4) is 0 Å². The summed E-state index contributed by atoms with van der Waals surface area (Å²) in [6.45, 7) is 3.63. The van der Waals surface area contributed by atoms with Crippen molar-refractivity contribution in [3.8, 4) is 0 Å². The zero-order chi connectivity index (χ0) is 24.4. The van der Waals surface area contributed by atoms with Crippen molar-refractivity contribution in [2.75, 3.05) is 21.0 Å². The first-order chi connectivity index (χ1) is 15.4. The number of hydrogen-bond donors (Lipinski definition) is 3. The molecule has 0 aliphatic heterocycles. The lowest BCUT2D eigenvalue weighted by atomic mass is 10.1. The van der Waals surface area contributed by atoms with E-state index in [-0.39, 0.29) is 21.2 Å². The first-order valence-electron chi connectivity index (χ1n) is 9.63. The van der Waals surface area contributed by atoms with Crippen LogP contribution in [0.4, 0.5) is 17.1 Å². The Balaban J connectivity index is 1.78. The van der Waals surface area contributed by atoms with Crippen LogP contribution in [-0.2, 0) is 20.0 Å². The quantitative estimate of drug-likeness (QED) is 0.438. The van der Waals surface area contributed by atoms with E-state index in [1.807, 2.05) is 32.0 Å². The third kappa shape index (κ3) is 6.25. The summed E-state index contributed by atoms with van der Waals surface area (Å²) in [6, 6.07) is 15.3. The summed E-state index contributed by atoms with van der Waals surface area (Å²) in [5.74, 6) is -0.582. The van der Waals surface area contributed by atoms with E-state index >= 15 is 0 Å². The number of nitrogens with one attached hydrogen (secondary N) is 3. The molecular weight excluding hydrogens is 486 g/mol. The van der Waals surface area contributed by atoms with Gasteiger partial charge in [0.05, 0.1) is 27.4 Å². The van der Waals surface area contributed by atoms with Crippen molar-refractivity contribution in [2.24, 2.45) is 0 Å². The van der Waals surface area contributed by atoms with Crippen LogP contribution in [0.5, 0.6) is 0 Å². The van der Waals surface area contributed by atoms with E-state index in [1.54, 1.807) is 0 Å². The lowest BCUT2D eigenvalue weighted by Crippen LogP contribution is -2.16. The zero-order valence-electron chi connectivity index (χ0n) is 18.0. The molecule has 0 saturated carbocycles. The van der Waals surface area contributed by atoms with Crippen LogP contribution in [0.15, 0.2) is 65.6 Å². The molecule has 33 heavy (non-hydrogen) atoms. The SMILES string of the molecule is Cc1cccc(C)c1NS(=O)(=O)c1ccc(NC(=O)c2cc(NS(C)(=O)=O)ccc2Cl)cc1. The first kappa shape index (κ1) is 24.6. The van der Waals surface area contributed by atoms with E-state index in [1.165, 1.54) is 42.5 Å². The van der Waals surface area contributed by atoms with Crippen LogP contribution in [0.2, 0.25) is 5.02 Å². The lowest BCUT2D eigenvalue weighted by molar-refractivity contribution is 0.102. The minimum absolute atomic E-state index is 0.0283. The maximum Gasteiger partial charge on any atom is 0.261 e. The topological polar surface area (TPSA) is 121 Å². The zero-order valence-corrected chi connectivity index (χ0v) is 20.4. The highest BCUT2D eigenvalue weighted by atomic mass is 35.5. The number of aryl methyl sites for hydroxylation is 2. The van der Waals surface area contributed by atoms with Crippen molar-refractivity contribution < 1.29 is 21.6 Å². The first-order valence-corrected chi connectivity index (χ1v) is 13.4. The number of anilines is 3. The number of hydrogen-bond acceptors (Lipinski definition) is 5. The summed E-state index contributed by atoms with van der Waals surface area (Å²) in [6.07, 6.45) is 0.992. The predicted molar refractivity (Wildman–Crippen MR) is 131 cm³/mol. The second kappa shape index (κ2) is 9.42. The largest absolute Gasteiger partial charge is 0.322 e.